The van der Waals surface area contributed by atoms with E-state index in [-0.39, 0.29) is 0 Å². The monoisotopic (exact) mass is 252 g/mol. The molecule has 2 aromatic carbocycles. The summed E-state index contributed by atoms with van der Waals surface area (Å²) in [6.07, 6.45) is 0. The predicted octanol–water partition coefficient (Wildman–Crippen LogP) is 3.47. The Kier molecular flexibility index (Phi) is 3.06. The van der Waals surface area contributed by atoms with E-state index in [0.29, 0.717) is 0 Å². The van der Waals surface area contributed by atoms with Crippen molar-refractivity contribution >= 4 is 5.97 Å². The van der Waals surface area contributed by atoms with Crippen LogP contribution in [0, 0.1) is 17.5 Å². The van der Waals surface area contributed by atoms with Crippen LogP contribution in [-0.4, -0.2) is 11.1 Å². The highest BCUT2D eigenvalue weighted by molar-refractivity contribution is 5.90. The molecule has 2 aromatic rings. The second kappa shape index (κ2) is 4.52. The number of aromatic carboxylic acids is 1. The van der Waals surface area contributed by atoms with E-state index in [1.54, 1.807) is 0 Å². The van der Waals surface area contributed by atoms with Crippen molar-refractivity contribution in [1.82, 2.24) is 0 Å². The van der Waals surface area contributed by atoms with Crippen molar-refractivity contribution < 1.29 is 23.1 Å². The zero-order chi connectivity index (χ0) is 13.3. The molecule has 18 heavy (non-hydrogen) atoms. The lowest BCUT2D eigenvalue weighted by Crippen LogP contribution is -2.03. The normalized spacial score (nSPS) is 10.4. The van der Waals surface area contributed by atoms with Gasteiger partial charge in [0.15, 0.2) is 0 Å². The van der Waals surface area contributed by atoms with Gasteiger partial charge in [-0.2, -0.15) is 0 Å². The van der Waals surface area contributed by atoms with Gasteiger partial charge in [0, 0.05) is 5.56 Å². The lowest BCUT2D eigenvalue weighted by Gasteiger charge is -2.08. The van der Waals surface area contributed by atoms with Gasteiger partial charge in [-0.1, -0.05) is 18.2 Å². The van der Waals surface area contributed by atoms with Crippen molar-refractivity contribution in [3.8, 4) is 11.1 Å². The molecule has 92 valence electrons. The Hall–Kier alpha value is -2.30. The van der Waals surface area contributed by atoms with Gasteiger partial charge in [-0.15, -0.1) is 0 Å². The quantitative estimate of drug-likeness (QED) is 0.888. The zero-order valence-electron chi connectivity index (χ0n) is 8.95. The Balaban J connectivity index is 2.73. The molecule has 0 unspecified atom stereocenters. The Morgan fingerprint density at radius 2 is 1.50 bits per heavy atom. The van der Waals surface area contributed by atoms with Crippen LogP contribution < -0.4 is 0 Å². The smallest absolute Gasteiger partial charge is 0.338 e. The van der Waals surface area contributed by atoms with Gasteiger partial charge in [-0.05, 0) is 18.2 Å². The Morgan fingerprint density at radius 1 is 0.944 bits per heavy atom. The molecule has 0 amide bonds. The largest absolute Gasteiger partial charge is 0.478 e. The maximum atomic E-state index is 13.9. The van der Waals surface area contributed by atoms with Crippen LogP contribution in [0.15, 0.2) is 36.4 Å². The molecular weight excluding hydrogens is 245 g/mol. The fourth-order valence-electron chi connectivity index (χ4n) is 1.65. The summed E-state index contributed by atoms with van der Waals surface area (Å²) in [6, 6.07) is 6.49. The minimum absolute atomic E-state index is 0.412. The van der Waals surface area contributed by atoms with Gasteiger partial charge in [0.05, 0.1) is 11.1 Å². The second-order valence-corrected chi connectivity index (χ2v) is 3.57. The molecule has 0 bridgehead atoms. The molecule has 0 radical (unpaired) electrons. The van der Waals surface area contributed by atoms with Gasteiger partial charge < -0.3 is 5.11 Å². The first-order valence-corrected chi connectivity index (χ1v) is 4.98. The summed E-state index contributed by atoms with van der Waals surface area (Å²) in [5, 5.41) is 8.75. The van der Waals surface area contributed by atoms with E-state index < -0.39 is 40.1 Å². The van der Waals surface area contributed by atoms with Crippen molar-refractivity contribution in [3.63, 3.8) is 0 Å². The van der Waals surface area contributed by atoms with Crippen molar-refractivity contribution in [2.24, 2.45) is 0 Å². The second-order valence-electron chi connectivity index (χ2n) is 3.57. The van der Waals surface area contributed by atoms with Crippen molar-refractivity contribution in [2.45, 2.75) is 0 Å². The van der Waals surface area contributed by atoms with E-state index in [0.717, 1.165) is 30.3 Å². The van der Waals surface area contributed by atoms with Gasteiger partial charge >= 0.3 is 5.97 Å². The molecule has 0 saturated carbocycles. The summed E-state index contributed by atoms with van der Waals surface area (Å²) in [6.45, 7) is 0. The maximum Gasteiger partial charge on any atom is 0.338 e. The molecule has 2 rings (SSSR count). The number of carboxylic acid groups (broad SMARTS) is 1. The highest BCUT2D eigenvalue weighted by Gasteiger charge is 2.19. The minimum atomic E-state index is -1.49. The average Bonchev–Trinajstić information content (AvgIpc) is 2.30. The van der Waals surface area contributed by atoms with Crippen molar-refractivity contribution in [3.05, 3.63) is 59.4 Å². The topological polar surface area (TPSA) is 37.3 Å². The van der Waals surface area contributed by atoms with Gasteiger partial charge in [-0.25, -0.2) is 18.0 Å². The third kappa shape index (κ3) is 1.95. The molecule has 0 aromatic heterocycles. The summed E-state index contributed by atoms with van der Waals surface area (Å²) in [5.41, 5.74) is -1.61. The van der Waals surface area contributed by atoms with Gasteiger partial charge in [0.25, 0.3) is 0 Å². The number of carbonyl (C=O) groups is 1. The third-order valence-electron chi connectivity index (χ3n) is 2.46. The molecule has 0 saturated heterocycles. The first-order chi connectivity index (χ1) is 8.52. The molecule has 0 aliphatic carbocycles. The standard InChI is InChI=1S/C13H7F3O2/c14-9-5-2-6-10(15)11(9)7-3-1-4-8(12(7)16)13(17)18/h1-6H,(H,17,18). The lowest BCUT2D eigenvalue weighted by atomic mass is 10.0. The van der Waals surface area contributed by atoms with Gasteiger partial charge in [-0.3, -0.25) is 0 Å². The third-order valence-corrected chi connectivity index (χ3v) is 2.46. The Morgan fingerprint density at radius 3 is 2.06 bits per heavy atom. The van der Waals surface area contributed by atoms with Crippen LogP contribution in [0.2, 0.25) is 0 Å². The SMILES string of the molecule is O=C(O)c1cccc(-c2c(F)cccc2F)c1F. The Labute approximate surface area is 100 Å². The van der Waals surface area contributed by atoms with Crippen LogP contribution >= 0.6 is 0 Å². The summed E-state index contributed by atoms with van der Waals surface area (Å²) in [5.74, 6) is -4.55. The number of benzene rings is 2. The van der Waals surface area contributed by atoms with Gasteiger partial charge in [0.2, 0.25) is 0 Å². The average molecular weight is 252 g/mol. The van der Waals surface area contributed by atoms with Gasteiger partial charge in [0.1, 0.15) is 17.5 Å². The minimum Gasteiger partial charge on any atom is -0.478 e. The van der Waals surface area contributed by atoms with E-state index in [4.69, 9.17) is 5.11 Å². The van der Waals surface area contributed by atoms with Crippen molar-refractivity contribution in [2.75, 3.05) is 0 Å². The summed E-state index contributed by atoms with van der Waals surface area (Å²) >= 11 is 0. The fourth-order valence-corrected chi connectivity index (χ4v) is 1.65. The molecule has 0 heterocycles. The van der Waals surface area contributed by atoms with Crippen LogP contribution in [0.3, 0.4) is 0 Å². The number of hydrogen-bond donors (Lipinski definition) is 1. The molecule has 0 aliphatic heterocycles. The number of hydrogen-bond acceptors (Lipinski definition) is 1. The molecule has 0 aliphatic rings. The number of rotatable bonds is 2. The first kappa shape index (κ1) is 12.2. The zero-order valence-corrected chi connectivity index (χ0v) is 8.95. The summed E-state index contributed by atoms with van der Waals surface area (Å²) in [7, 11) is 0. The van der Waals surface area contributed by atoms with Crippen LogP contribution in [0.4, 0.5) is 13.2 Å². The fraction of sp³-hybridized carbons (Fsp3) is 0. The first-order valence-electron chi connectivity index (χ1n) is 4.98. The van der Waals surface area contributed by atoms with E-state index >= 15 is 0 Å². The Bertz CT molecular complexity index is 603. The lowest BCUT2D eigenvalue weighted by molar-refractivity contribution is 0.0692. The predicted molar refractivity (Wildman–Crippen MR) is 58.7 cm³/mol. The number of halogens is 3. The molecule has 5 heteroatoms. The summed E-state index contributed by atoms with van der Waals surface area (Å²) in [4.78, 5) is 10.7. The molecule has 1 N–H and O–H groups in total. The van der Waals surface area contributed by atoms with Crippen molar-refractivity contribution in [1.29, 1.82) is 0 Å². The highest BCUT2D eigenvalue weighted by Crippen LogP contribution is 2.29. The van der Waals surface area contributed by atoms with E-state index in [9.17, 15) is 18.0 Å². The van der Waals surface area contributed by atoms with Crippen LogP contribution in [0.5, 0.6) is 0 Å². The maximum absolute atomic E-state index is 13.9. The number of carboxylic acids is 1. The molecule has 2 nitrogen and oxygen atoms in total. The summed E-state index contributed by atoms with van der Waals surface area (Å²) < 4.78 is 40.8. The van der Waals surface area contributed by atoms with Crippen LogP contribution in [0.25, 0.3) is 11.1 Å². The van der Waals surface area contributed by atoms with Crippen LogP contribution in [-0.2, 0) is 0 Å². The van der Waals surface area contributed by atoms with E-state index in [1.807, 2.05) is 0 Å². The molecule has 0 atom stereocenters. The molecule has 0 spiro atoms. The highest BCUT2D eigenvalue weighted by atomic mass is 19.1. The van der Waals surface area contributed by atoms with E-state index in [1.165, 1.54) is 6.07 Å². The molecule has 0 fully saturated rings. The van der Waals surface area contributed by atoms with E-state index in [2.05, 4.69) is 0 Å². The molecular formula is C13H7F3O2. The van der Waals surface area contributed by atoms with Crippen LogP contribution in [0.1, 0.15) is 10.4 Å².